The van der Waals surface area contributed by atoms with Crippen molar-refractivity contribution in [2.75, 3.05) is 13.2 Å². The maximum Gasteiger partial charge on any atom is 0.335 e. The van der Waals surface area contributed by atoms with Gasteiger partial charge in [-0.3, -0.25) is 14.4 Å². The minimum atomic E-state index is -1.91. The van der Waals surface area contributed by atoms with Gasteiger partial charge in [-0.1, -0.05) is 197 Å². The van der Waals surface area contributed by atoms with Crippen LogP contribution in [-0.2, 0) is 42.9 Å². The van der Waals surface area contributed by atoms with E-state index in [1.165, 1.54) is 83.5 Å². The minimum absolute atomic E-state index is 0.0413. The number of carboxylic acids is 1. The normalized spacial score (nSPS) is 19.1. The number of esters is 3. The van der Waals surface area contributed by atoms with Gasteiger partial charge >= 0.3 is 23.9 Å². The minimum Gasteiger partial charge on any atom is -0.479 e. The second-order valence-electron chi connectivity index (χ2n) is 18.5. The second kappa shape index (κ2) is 45.6. The van der Waals surface area contributed by atoms with Crippen molar-refractivity contribution < 1.29 is 58.2 Å². The standard InChI is InChI=1S/C57H96O12/c1-4-7-10-13-16-19-21-23-24-25-26-28-29-32-34-37-40-43-49(58)65-46-48(67-50(59)44-41-38-36-33-30-27-22-20-17-14-11-8-5-2)47-66-57-55(53(62)52(61)54(69-57)56(63)64)68-51(60)45-42-39-35-31-18-15-12-9-6-3/h8,11,17,20,23-24,27,30,36,38,48,52-55,57,61-62H,4-7,9-10,12-16,18-19,21-22,25-26,28-29,31-35,37,39-47H2,1-3H3,(H,63,64)/b11-8-,20-17-,24-23-,30-27-,38-36-. The average Bonchev–Trinajstić information content (AvgIpc) is 3.33. The quantitative estimate of drug-likeness (QED) is 0.0228. The van der Waals surface area contributed by atoms with Gasteiger partial charge in [-0.2, -0.15) is 0 Å². The van der Waals surface area contributed by atoms with Crippen molar-refractivity contribution in [3.8, 4) is 0 Å². The second-order valence-corrected chi connectivity index (χ2v) is 18.5. The van der Waals surface area contributed by atoms with Gasteiger partial charge in [-0.05, 0) is 70.6 Å². The summed E-state index contributed by atoms with van der Waals surface area (Å²) in [5.74, 6) is -3.23. The first kappa shape index (κ1) is 63.4. The molecule has 1 heterocycles. The summed E-state index contributed by atoms with van der Waals surface area (Å²) in [5, 5.41) is 31.3. The largest absolute Gasteiger partial charge is 0.479 e. The fraction of sp³-hybridized carbons (Fsp3) is 0.754. The number of hydrogen-bond donors (Lipinski definition) is 3. The van der Waals surface area contributed by atoms with E-state index >= 15 is 0 Å². The number of ether oxygens (including phenoxy) is 5. The third kappa shape index (κ3) is 36.1. The van der Waals surface area contributed by atoms with Crippen LogP contribution in [0.1, 0.15) is 226 Å². The predicted octanol–water partition coefficient (Wildman–Crippen LogP) is 13.2. The van der Waals surface area contributed by atoms with Gasteiger partial charge in [0, 0.05) is 19.3 Å². The van der Waals surface area contributed by atoms with E-state index in [0.29, 0.717) is 25.7 Å². The van der Waals surface area contributed by atoms with Crippen molar-refractivity contribution in [1.29, 1.82) is 0 Å². The van der Waals surface area contributed by atoms with Crippen molar-refractivity contribution in [1.82, 2.24) is 0 Å². The van der Waals surface area contributed by atoms with E-state index in [4.69, 9.17) is 23.7 Å². The van der Waals surface area contributed by atoms with Gasteiger partial charge in [-0.15, -0.1) is 0 Å². The molecule has 0 aromatic rings. The highest BCUT2D eigenvalue weighted by atomic mass is 16.7. The summed E-state index contributed by atoms with van der Waals surface area (Å²) in [5.41, 5.74) is 0. The molecule has 0 saturated carbocycles. The van der Waals surface area contributed by atoms with Crippen LogP contribution in [0.4, 0.5) is 0 Å². The molecule has 69 heavy (non-hydrogen) atoms. The van der Waals surface area contributed by atoms with E-state index in [1.54, 1.807) is 0 Å². The molecule has 396 valence electrons. The Bertz CT molecular complexity index is 1440. The van der Waals surface area contributed by atoms with Gasteiger partial charge in [0.2, 0.25) is 0 Å². The number of allylic oxidation sites excluding steroid dienone is 10. The fourth-order valence-electron chi connectivity index (χ4n) is 7.90. The molecule has 1 aliphatic heterocycles. The molecule has 0 aromatic carbocycles. The molecule has 1 rings (SSSR count). The van der Waals surface area contributed by atoms with Crippen LogP contribution in [-0.4, -0.2) is 89.2 Å². The lowest BCUT2D eigenvalue weighted by atomic mass is 9.98. The third-order valence-electron chi connectivity index (χ3n) is 12.1. The Hall–Kier alpha value is -3.58. The number of aliphatic hydroxyl groups is 2. The SMILES string of the molecule is CC/C=C\C/C=C\C/C=C\C/C=C\CCC(=O)OC(COC(=O)CCCCCCCCC/C=C\CCCCCCCC)COC1OC(C(=O)O)C(O)C(O)C1OC(=O)CCCCCCCCCCC. The highest BCUT2D eigenvalue weighted by Crippen LogP contribution is 2.26. The molecular formula is C57H96O12. The highest BCUT2D eigenvalue weighted by Gasteiger charge is 2.50. The van der Waals surface area contributed by atoms with Crippen LogP contribution < -0.4 is 0 Å². The lowest BCUT2D eigenvalue weighted by Gasteiger charge is -2.40. The monoisotopic (exact) mass is 973 g/mol. The van der Waals surface area contributed by atoms with Gasteiger partial charge in [0.1, 0.15) is 18.8 Å². The van der Waals surface area contributed by atoms with E-state index in [9.17, 15) is 34.5 Å². The molecule has 0 aromatic heterocycles. The lowest BCUT2D eigenvalue weighted by molar-refractivity contribution is -0.301. The number of rotatable bonds is 45. The Balaban J connectivity index is 2.73. The van der Waals surface area contributed by atoms with Crippen LogP contribution in [0, 0.1) is 0 Å². The Morgan fingerprint density at radius 2 is 0.942 bits per heavy atom. The van der Waals surface area contributed by atoms with Crippen LogP contribution in [0.25, 0.3) is 0 Å². The molecule has 1 saturated heterocycles. The number of aliphatic hydroxyl groups excluding tert-OH is 2. The first-order valence-electron chi connectivity index (χ1n) is 27.3. The van der Waals surface area contributed by atoms with Crippen molar-refractivity contribution in [3.05, 3.63) is 60.8 Å². The van der Waals surface area contributed by atoms with Gasteiger partial charge < -0.3 is 39.0 Å². The summed E-state index contributed by atoms with van der Waals surface area (Å²) in [7, 11) is 0. The van der Waals surface area contributed by atoms with Gasteiger partial charge in [0.05, 0.1) is 6.61 Å². The van der Waals surface area contributed by atoms with Crippen LogP contribution in [0.3, 0.4) is 0 Å². The highest BCUT2D eigenvalue weighted by molar-refractivity contribution is 5.74. The first-order valence-corrected chi connectivity index (χ1v) is 27.3. The molecule has 0 radical (unpaired) electrons. The third-order valence-corrected chi connectivity index (χ3v) is 12.1. The van der Waals surface area contributed by atoms with E-state index < -0.39 is 67.3 Å². The maximum atomic E-state index is 13.0. The fourth-order valence-corrected chi connectivity index (χ4v) is 7.90. The molecule has 6 unspecified atom stereocenters. The van der Waals surface area contributed by atoms with Crippen LogP contribution in [0.15, 0.2) is 60.8 Å². The van der Waals surface area contributed by atoms with Gasteiger partial charge in [0.25, 0.3) is 0 Å². The van der Waals surface area contributed by atoms with Crippen LogP contribution in [0.2, 0.25) is 0 Å². The molecule has 0 spiro atoms. The molecule has 1 fully saturated rings. The van der Waals surface area contributed by atoms with Crippen LogP contribution in [0.5, 0.6) is 0 Å². The molecule has 0 aliphatic carbocycles. The predicted molar refractivity (Wildman–Crippen MR) is 275 cm³/mol. The van der Waals surface area contributed by atoms with Crippen molar-refractivity contribution in [2.45, 2.75) is 263 Å². The smallest absolute Gasteiger partial charge is 0.335 e. The average molecular weight is 973 g/mol. The zero-order chi connectivity index (χ0) is 50.4. The molecule has 0 bridgehead atoms. The van der Waals surface area contributed by atoms with Crippen molar-refractivity contribution >= 4 is 23.9 Å². The Kier molecular flexibility index (Phi) is 41.9. The van der Waals surface area contributed by atoms with Crippen LogP contribution >= 0.6 is 0 Å². The molecule has 12 heteroatoms. The van der Waals surface area contributed by atoms with E-state index in [-0.39, 0.29) is 25.9 Å². The number of unbranched alkanes of at least 4 members (excludes halogenated alkanes) is 21. The van der Waals surface area contributed by atoms with Gasteiger partial charge in [-0.25, -0.2) is 4.79 Å². The van der Waals surface area contributed by atoms with Crippen molar-refractivity contribution in [2.24, 2.45) is 0 Å². The van der Waals surface area contributed by atoms with E-state index in [1.807, 2.05) is 12.2 Å². The molecular weight excluding hydrogens is 877 g/mol. The topological polar surface area (TPSA) is 175 Å². The molecule has 12 nitrogen and oxygen atoms in total. The van der Waals surface area contributed by atoms with E-state index in [2.05, 4.69) is 69.4 Å². The summed E-state index contributed by atoms with van der Waals surface area (Å²) in [6.45, 7) is 5.76. The summed E-state index contributed by atoms with van der Waals surface area (Å²) < 4.78 is 28.2. The molecule has 6 atom stereocenters. The summed E-state index contributed by atoms with van der Waals surface area (Å²) in [6.07, 6.45) is 42.4. The number of hydrogen-bond acceptors (Lipinski definition) is 11. The number of carbonyl (C=O) groups is 4. The summed E-state index contributed by atoms with van der Waals surface area (Å²) in [4.78, 5) is 50.8. The van der Waals surface area contributed by atoms with Crippen molar-refractivity contribution in [3.63, 3.8) is 0 Å². The molecule has 3 N–H and O–H groups in total. The lowest BCUT2D eigenvalue weighted by Crippen LogP contribution is -2.61. The summed E-state index contributed by atoms with van der Waals surface area (Å²) >= 11 is 0. The van der Waals surface area contributed by atoms with E-state index in [0.717, 1.165) is 77.0 Å². The maximum absolute atomic E-state index is 13.0. The Morgan fingerprint density at radius 1 is 0.493 bits per heavy atom. The molecule has 0 amide bonds. The number of carboxylic acid groups (broad SMARTS) is 1. The Labute approximate surface area is 417 Å². The number of aliphatic carboxylic acids is 1. The van der Waals surface area contributed by atoms with Gasteiger partial charge in [0.15, 0.2) is 24.6 Å². The molecule has 1 aliphatic rings. The summed E-state index contributed by atoms with van der Waals surface area (Å²) in [6, 6.07) is 0. The first-order chi connectivity index (χ1) is 33.6. The zero-order valence-corrected chi connectivity index (χ0v) is 43.3. The Morgan fingerprint density at radius 3 is 1.45 bits per heavy atom. The number of carbonyl (C=O) groups excluding carboxylic acids is 3. The zero-order valence-electron chi connectivity index (χ0n) is 43.3.